The Hall–Kier alpha value is -2.35. The first kappa shape index (κ1) is 14.6. The monoisotopic (exact) mass is 318 g/mol. The van der Waals surface area contributed by atoms with Gasteiger partial charge in [-0.3, -0.25) is 4.79 Å². The standard InChI is InChI=1S/C14H14N4O3S/c1-4-22-9-5-7-11(10-12(9)18(3)16-15-10)17(2)6-8(13(7)19)14(20)21/h5-6H,4H2,1-3H3,(H,20,21). The summed E-state index contributed by atoms with van der Waals surface area (Å²) < 4.78 is 3.29. The molecule has 0 bridgehead atoms. The van der Waals surface area contributed by atoms with Gasteiger partial charge in [0.25, 0.3) is 0 Å². The van der Waals surface area contributed by atoms with Crippen LogP contribution >= 0.6 is 11.8 Å². The van der Waals surface area contributed by atoms with Crippen LogP contribution in [0.15, 0.2) is 22.0 Å². The molecule has 22 heavy (non-hydrogen) atoms. The van der Waals surface area contributed by atoms with Gasteiger partial charge in [-0.2, -0.15) is 0 Å². The molecule has 0 fully saturated rings. The summed E-state index contributed by atoms with van der Waals surface area (Å²) >= 11 is 1.57. The summed E-state index contributed by atoms with van der Waals surface area (Å²) in [5.41, 5.74) is 1.31. The Morgan fingerprint density at radius 3 is 2.73 bits per heavy atom. The molecule has 0 aliphatic heterocycles. The highest BCUT2D eigenvalue weighted by atomic mass is 32.2. The zero-order valence-corrected chi connectivity index (χ0v) is 13.1. The number of benzene rings is 1. The maximum Gasteiger partial charge on any atom is 0.341 e. The van der Waals surface area contributed by atoms with Gasteiger partial charge in [0.05, 0.1) is 10.9 Å². The second kappa shape index (κ2) is 5.13. The Kier molecular flexibility index (Phi) is 3.40. The van der Waals surface area contributed by atoms with Gasteiger partial charge in [0.1, 0.15) is 16.6 Å². The van der Waals surface area contributed by atoms with E-state index in [9.17, 15) is 14.7 Å². The van der Waals surface area contributed by atoms with Crippen molar-refractivity contribution in [3.8, 4) is 0 Å². The van der Waals surface area contributed by atoms with Crippen molar-refractivity contribution in [2.24, 2.45) is 14.1 Å². The lowest BCUT2D eigenvalue weighted by Crippen LogP contribution is -2.18. The predicted octanol–water partition coefficient (Wildman–Crippen LogP) is 1.63. The molecule has 0 atom stereocenters. The Labute approximate surface area is 129 Å². The number of fused-ring (bicyclic) bond motifs is 3. The van der Waals surface area contributed by atoms with Gasteiger partial charge in [-0.15, -0.1) is 16.9 Å². The van der Waals surface area contributed by atoms with Crippen LogP contribution in [-0.2, 0) is 14.1 Å². The summed E-state index contributed by atoms with van der Waals surface area (Å²) in [5, 5.41) is 17.7. The molecule has 0 amide bonds. The van der Waals surface area contributed by atoms with Crippen LogP contribution in [-0.4, -0.2) is 36.4 Å². The molecule has 3 rings (SSSR count). The molecule has 7 nitrogen and oxygen atoms in total. The zero-order valence-electron chi connectivity index (χ0n) is 12.3. The van der Waals surface area contributed by atoms with Crippen molar-refractivity contribution in [3.05, 3.63) is 28.0 Å². The molecule has 3 aromatic rings. The highest BCUT2D eigenvalue weighted by molar-refractivity contribution is 7.99. The maximum atomic E-state index is 12.5. The number of rotatable bonds is 3. The van der Waals surface area contributed by atoms with E-state index in [0.29, 0.717) is 16.4 Å². The maximum absolute atomic E-state index is 12.5. The number of aromatic carboxylic acids is 1. The minimum atomic E-state index is -1.23. The van der Waals surface area contributed by atoms with E-state index in [1.165, 1.54) is 6.20 Å². The molecular formula is C14H14N4O3S. The van der Waals surface area contributed by atoms with Gasteiger partial charge < -0.3 is 9.67 Å². The quantitative estimate of drug-likeness (QED) is 0.738. The Balaban J connectivity index is 2.57. The third-order valence-corrected chi connectivity index (χ3v) is 4.42. The largest absolute Gasteiger partial charge is 0.477 e. The van der Waals surface area contributed by atoms with Crippen LogP contribution < -0.4 is 5.43 Å². The molecule has 0 aliphatic rings. The van der Waals surface area contributed by atoms with Crippen molar-refractivity contribution in [2.45, 2.75) is 11.8 Å². The number of aryl methyl sites for hydroxylation is 2. The lowest BCUT2D eigenvalue weighted by Gasteiger charge is -2.10. The highest BCUT2D eigenvalue weighted by Gasteiger charge is 2.19. The summed E-state index contributed by atoms with van der Waals surface area (Å²) in [4.78, 5) is 24.6. The van der Waals surface area contributed by atoms with Crippen LogP contribution in [0.3, 0.4) is 0 Å². The molecule has 1 aromatic carbocycles. The fourth-order valence-electron chi connectivity index (χ4n) is 2.60. The van der Waals surface area contributed by atoms with Gasteiger partial charge in [0.2, 0.25) is 5.43 Å². The number of hydrogen-bond donors (Lipinski definition) is 1. The van der Waals surface area contributed by atoms with E-state index in [0.717, 1.165) is 16.2 Å². The van der Waals surface area contributed by atoms with Crippen LogP contribution in [0.1, 0.15) is 17.3 Å². The van der Waals surface area contributed by atoms with Crippen molar-refractivity contribution in [1.82, 2.24) is 19.6 Å². The molecular weight excluding hydrogens is 304 g/mol. The molecule has 114 valence electrons. The van der Waals surface area contributed by atoms with E-state index in [1.54, 1.807) is 41.2 Å². The van der Waals surface area contributed by atoms with Gasteiger partial charge in [-0.25, -0.2) is 9.48 Å². The lowest BCUT2D eigenvalue weighted by molar-refractivity contribution is 0.0695. The summed E-state index contributed by atoms with van der Waals surface area (Å²) in [6.45, 7) is 2.01. The number of hydrogen-bond acceptors (Lipinski definition) is 5. The van der Waals surface area contributed by atoms with Crippen molar-refractivity contribution in [2.75, 3.05) is 5.75 Å². The summed E-state index contributed by atoms with van der Waals surface area (Å²) in [7, 11) is 3.50. The van der Waals surface area contributed by atoms with E-state index < -0.39 is 11.4 Å². The first-order chi connectivity index (χ1) is 10.5. The predicted molar refractivity (Wildman–Crippen MR) is 84.6 cm³/mol. The van der Waals surface area contributed by atoms with Gasteiger partial charge in [0, 0.05) is 25.2 Å². The molecule has 0 saturated carbocycles. The number of pyridine rings is 1. The SMILES string of the molecule is CCSc1cc2c(=O)c(C(=O)O)cn(C)c2c2nnn(C)c12. The molecule has 0 saturated heterocycles. The fourth-order valence-corrected chi connectivity index (χ4v) is 3.48. The van der Waals surface area contributed by atoms with Crippen LogP contribution in [0, 0.1) is 0 Å². The van der Waals surface area contributed by atoms with Crippen LogP contribution in [0.5, 0.6) is 0 Å². The third-order valence-electron chi connectivity index (χ3n) is 3.51. The minimum absolute atomic E-state index is 0.245. The van der Waals surface area contributed by atoms with Gasteiger partial charge >= 0.3 is 5.97 Å². The average molecular weight is 318 g/mol. The molecule has 0 radical (unpaired) electrons. The smallest absolute Gasteiger partial charge is 0.341 e. The van der Waals surface area contributed by atoms with Crippen molar-refractivity contribution >= 4 is 39.7 Å². The van der Waals surface area contributed by atoms with E-state index in [1.807, 2.05) is 6.92 Å². The number of carbonyl (C=O) groups is 1. The van der Waals surface area contributed by atoms with Gasteiger partial charge in [-0.05, 0) is 11.8 Å². The van der Waals surface area contributed by atoms with Crippen LogP contribution in [0.2, 0.25) is 0 Å². The fraction of sp³-hybridized carbons (Fsp3) is 0.286. The summed E-state index contributed by atoms with van der Waals surface area (Å²) in [6, 6.07) is 1.74. The minimum Gasteiger partial charge on any atom is -0.477 e. The van der Waals surface area contributed by atoms with Crippen molar-refractivity contribution in [1.29, 1.82) is 0 Å². The molecule has 1 N–H and O–H groups in total. The van der Waals surface area contributed by atoms with E-state index in [4.69, 9.17) is 0 Å². The summed E-state index contributed by atoms with van der Waals surface area (Å²) in [6.07, 6.45) is 1.33. The Bertz CT molecular complexity index is 974. The normalized spacial score (nSPS) is 11.4. The second-order valence-electron chi connectivity index (χ2n) is 4.90. The molecule has 2 heterocycles. The lowest BCUT2D eigenvalue weighted by atomic mass is 10.1. The first-order valence-electron chi connectivity index (χ1n) is 6.67. The second-order valence-corrected chi connectivity index (χ2v) is 6.21. The zero-order chi connectivity index (χ0) is 16.0. The molecule has 0 aliphatic carbocycles. The first-order valence-corrected chi connectivity index (χ1v) is 7.66. The molecule has 2 aromatic heterocycles. The summed E-state index contributed by atoms with van der Waals surface area (Å²) in [5.74, 6) is -0.406. The highest BCUT2D eigenvalue weighted by Crippen LogP contribution is 2.31. The molecule has 8 heteroatoms. The third kappa shape index (κ3) is 1.98. The van der Waals surface area contributed by atoms with Crippen LogP contribution in [0.25, 0.3) is 21.9 Å². The average Bonchev–Trinajstić information content (AvgIpc) is 2.85. The number of carboxylic acids is 1. The van der Waals surface area contributed by atoms with Crippen LogP contribution in [0.4, 0.5) is 0 Å². The van der Waals surface area contributed by atoms with Crippen molar-refractivity contribution in [3.63, 3.8) is 0 Å². The van der Waals surface area contributed by atoms with Gasteiger partial charge in [0.15, 0.2) is 0 Å². The number of aromatic nitrogens is 4. The number of carboxylic acid groups (broad SMARTS) is 1. The molecule has 0 spiro atoms. The number of nitrogens with zero attached hydrogens (tertiary/aromatic N) is 4. The van der Waals surface area contributed by atoms with E-state index in [-0.39, 0.29) is 5.56 Å². The number of thioether (sulfide) groups is 1. The topological polar surface area (TPSA) is 90.0 Å². The van der Waals surface area contributed by atoms with E-state index in [2.05, 4.69) is 10.3 Å². The van der Waals surface area contributed by atoms with Gasteiger partial charge in [-0.1, -0.05) is 12.1 Å². The molecule has 0 unspecified atom stereocenters. The Morgan fingerprint density at radius 1 is 1.36 bits per heavy atom. The van der Waals surface area contributed by atoms with E-state index >= 15 is 0 Å². The van der Waals surface area contributed by atoms with Crippen molar-refractivity contribution < 1.29 is 9.90 Å². The Morgan fingerprint density at radius 2 is 2.09 bits per heavy atom.